The molecule has 2 N–H and O–H groups in total. The molecule has 0 amide bonds. The van der Waals surface area contributed by atoms with E-state index < -0.39 is 0 Å². The van der Waals surface area contributed by atoms with E-state index in [1.165, 1.54) is 0 Å². The quantitative estimate of drug-likeness (QED) is 0.928. The van der Waals surface area contributed by atoms with Gasteiger partial charge in [0.2, 0.25) is 11.7 Å². The summed E-state index contributed by atoms with van der Waals surface area (Å²) >= 11 is 0. The number of ether oxygens (including phenoxy) is 1. The Labute approximate surface area is 119 Å². The van der Waals surface area contributed by atoms with E-state index in [-0.39, 0.29) is 12.0 Å². The van der Waals surface area contributed by atoms with E-state index in [0.717, 1.165) is 22.4 Å². The Hall–Kier alpha value is -1.88. The largest absolute Gasteiger partial charge is 0.496 e. The lowest BCUT2D eigenvalue weighted by atomic mass is 10.0. The summed E-state index contributed by atoms with van der Waals surface area (Å²) in [6, 6.07) is 3.72. The number of nitrogens with two attached hydrogens (primary N) is 1. The number of aromatic nitrogens is 2. The van der Waals surface area contributed by atoms with Crippen molar-refractivity contribution in [3.05, 3.63) is 29.2 Å². The highest BCUT2D eigenvalue weighted by Crippen LogP contribution is 2.31. The predicted molar refractivity (Wildman–Crippen MR) is 77.5 cm³/mol. The standard InChI is InChI=1S/C15H21N3O2/c1-8(2)13(16)15-17-14(18-20-15)11-6-9(3)10(4)7-12(11)19-5/h6-8,13H,16H2,1-5H3/t13-/m0/s1. The molecule has 0 bridgehead atoms. The zero-order valence-electron chi connectivity index (χ0n) is 12.6. The predicted octanol–water partition coefficient (Wildman–Crippen LogP) is 3.02. The normalized spacial score (nSPS) is 12.8. The topological polar surface area (TPSA) is 74.2 Å². The van der Waals surface area contributed by atoms with E-state index in [0.29, 0.717) is 11.7 Å². The number of methoxy groups -OCH3 is 1. The van der Waals surface area contributed by atoms with Gasteiger partial charge in [-0.15, -0.1) is 0 Å². The molecule has 0 aliphatic carbocycles. The molecule has 0 saturated carbocycles. The van der Waals surface area contributed by atoms with E-state index in [1.54, 1.807) is 7.11 Å². The second kappa shape index (κ2) is 5.63. The van der Waals surface area contributed by atoms with Gasteiger partial charge in [-0.1, -0.05) is 19.0 Å². The number of hydrogen-bond acceptors (Lipinski definition) is 5. The van der Waals surface area contributed by atoms with Crippen molar-refractivity contribution in [2.45, 2.75) is 33.7 Å². The van der Waals surface area contributed by atoms with Crippen molar-refractivity contribution in [2.75, 3.05) is 7.11 Å². The van der Waals surface area contributed by atoms with Gasteiger partial charge in [0.25, 0.3) is 0 Å². The molecular weight excluding hydrogens is 254 g/mol. The lowest BCUT2D eigenvalue weighted by Gasteiger charge is -2.10. The smallest absolute Gasteiger partial charge is 0.244 e. The molecule has 1 aromatic carbocycles. The van der Waals surface area contributed by atoms with Gasteiger partial charge in [-0.3, -0.25) is 0 Å². The van der Waals surface area contributed by atoms with Crippen LogP contribution in [-0.2, 0) is 0 Å². The van der Waals surface area contributed by atoms with Crippen LogP contribution in [0.5, 0.6) is 5.75 Å². The minimum atomic E-state index is -0.256. The van der Waals surface area contributed by atoms with E-state index in [4.69, 9.17) is 15.0 Å². The van der Waals surface area contributed by atoms with Crippen LogP contribution in [0.15, 0.2) is 16.7 Å². The lowest BCUT2D eigenvalue weighted by molar-refractivity contribution is 0.325. The summed E-state index contributed by atoms with van der Waals surface area (Å²) in [7, 11) is 1.63. The first-order valence-corrected chi connectivity index (χ1v) is 6.68. The summed E-state index contributed by atoms with van der Waals surface area (Å²) in [4.78, 5) is 4.40. The molecule has 1 heterocycles. The Morgan fingerprint density at radius 2 is 1.85 bits per heavy atom. The molecule has 0 unspecified atom stereocenters. The van der Waals surface area contributed by atoms with E-state index in [9.17, 15) is 0 Å². The van der Waals surface area contributed by atoms with Crippen LogP contribution in [0, 0.1) is 19.8 Å². The van der Waals surface area contributed by atoms with Crippen molar-refractivity contribution in [1.29, 1.82) is 0 Å². The fraction of sp³-hybridized carbons (Fsp3) is 0.467. The van der Waals surface area contributed by atoms with Gasteiger partial charge >= 0.3 is 0 Å². The van der Waals surface area contributed by atoms with Gasteiger partial charge in [0.15, 0.2) is 0 Å². The molecule has 0 fully saturated rings. The number of nitrogens with zero attached hydrogens (tertiary/aromatic N) is 2. The highest BCUT2D eigenvalue weighted by Gasteiger charge is 2.20. The van der Waals surface area contributed by atoms with Crippen molar-refractivity contribution in [1.82, 2.24) is 10.1 Å². The Morgan fingerprint density at radius 1 is 1.20 bits per heavy atom. The summed E-state index contributed by atoms with van der Waals surface area (Å²) in [6.07, 6.45) is 0. The molecule has 0 aliphatic rings. The Kier molecular flexibility index (Phi) is 4.09. The van der Waals surface area contributed by atoms with Crippen LogP contribution in [0.4, 0.5) is 0 Å². The molecule has 2 rings (SSSR count). The zero-order chi connectivity index (χ0) is 14.9. The summed E-state index contributed by atoms with van der Waals surface area (Å²) in [5.74, 6) is 1.94. The maximum atomic E-state index is 6.03. The molecule has 1 aromatic heterocycles. The van der Waals surface area contributed by atoms with Crippen LogP contribution in [0.25, 0.3) is 11.4 Å². The van der Waals surface area contributed by atoms with Crippen molar-refractivity contribution in [3.63, 3.8) is 0 Å². The Morgan fingerprint density at radius 3 is 2.45 bits per heavy atom. The Bertz CT molecular complexity index is 605. The highest BCUT2D eigenvalue weighted by atomic mass is 16.5. The van der Waals surface area contributed by atoms with E-state index >= 15 is 0 Å². The summed E-state index contributed by atoms with van der Waals surface area (Å²) in [6.45, 7) is 8.12. The van der Waals surface area contributed by atoms with Crippen LogP contribution in [0.1, 0.15) is 36.9 Å². The zero-order valence-corrected chi connectivity index (χ0v) is 12.6. The summed E-state index contributed by atoms with van der Waals surface area (Å²) in [5.41, 5.74) is 9.16. The first kappa shape index (κ1) is 14.5. The van der Waals surface area contributed by atoms with Gasteiger partial charge in [0, 0.05) is 0 Å². The van der Waals surface area contributed by atoms with Gasteiger partial charge in [0.1, 0.15) is 5.75 Å². The minimum Gasteiger partial charge on any atom is -0.496 e. The summed E-state index contributed by atoms with van der Waals surface area (Å²) in [5, 5.41) is 4.02. The molecule has 5 nitrogen and oxygen atoms in total. The molecule has 1 atom stereocenters. The van der Waals surface area contributed by atoms with Crippen LogP contribution in [-0.4, -0.2) is 17.3 Å². The number of benzene rings is 1. The van der Waals surface area contributed by atoms with Crippen LogP contribution < -0.4 is 10.5 Å². The summed E-state index contributed by atoms with van der Waals surface area (Å²) < 4.78 is 10.7. The fourth-order valence-electron chi connectivity index (χ4n) is 1.90. The number of hydrogen-bond donors (Lipinski definition) is 1. The van der Waals surface area contributed by atoms with Gasteiger partial charge in [-0.2, -0.15) is 4.98 Å². The molecule has 0 saturated heterocycles. The van der Waals surface area contributed by atoms with E-state index in [1.807, 2.05) is 39.8 Å². The molecule has 0 radical (unpaired) electrons. The average Bonchev–Trinajstić information content (AvgIpc) is 2.89. The van der Waals surface area contributed by atoms with Crippen molar-refractivity contribution >= 4 is 0 Å². The number of aryl methyl sites for hydroxylation is 2. The van der Waals surface area contributed by atoms with Crippen molar-refractivity contribution in [2.24, 2.45) is 11.7 Å². The molecule has 5 heteroatoms. The monoisotopic (exact) mass is 275 g/mol. The minimum absolute atomic E-state index is 0.241. The molecule has 0 spiro atoms. The van der Waals surface area contributed by atoms with Crippen LogP contribution >= 0.6 is 0 Å². The van der Waals surface area contributed by atoms with Gasteiger partial charge in [-0.25, -0.2) is 0 Å². The molecule has 108 valence electrons. The van der Waals surface area contributed by atoms with Gasteiger partial charge in [0.05, 0.1) is 18.7 Å². The van der Waals surface area contributed by atoms with Crippen molar-refractivity contribution in [3.8, 4) is 17.1 Å². The fourth-order valence-corrected chi connectivity index (χ4v) is 1.90. The Balaban J connectivity index is 2.44. The van der Waals surface area contributed by atoms with Crippen molar-refractivity contribution < 1.29 is 9.26 Å². The average molecular weight is 275 g/mol. The lowest BCUT2D eigenvalue weighted by Crippen LogP contribution is -2.16. The van der Waals surface area contributed by atoms with Gasteiger partial charge in [-0.05, 0) is 43.0 Å². The first-order valence-electron chi connectivity index (χ1n) is 6.68. The molecular formula is C15H21N3O2. The second-order valence-corrected chi connectivity index (χ2v) is 5.36. The first-order chi connectivity index (χ1) is 9.43. The maximum absolute atomic E-state index is 6.03. The van der Waals surface area contributed by atoms with Crippen LogP contribution in [0.3, 0.4) is 0 Å². The SMILES string of the molecule is COc1cc(C)c(C)cc1-c1noc([C@@H](N)C(C)C)n1. The van der Waals surface area contributed by atoms with E-state index in [2.05, 4.69) is 10.1 Å². The third-order valence-electron chi connectivity index (χ3n) is 3.50. The van der Waals surface area contributed by atoms with Gasteiger partial charge < -0.3 is 15.0 Å². The second-order valence-electron chi connectivity index (χ2n) is 5.36. The molecule has 0 aliphatic heterocycles. The number of rotatable bonds is 4. The van der Waals surface area contributed by atoms with Crippen LogP contribution in [0.2, 0.25) is 0 Å². The molecule has 2 aromatic rings. The third kappa shape index (κ3) is 2.67. The maximum Gasteiger partial charge on any atom is 0.244 e. The third-order valence-corrected chi connectivity index (χ3v) is 3.50. The molecule has 20 heavy (non-hydrogen) atoms. The highest BCUT2D eigenvalue weighted by molar-refractivity contribution is 5.66.